The number of carbonyl (C=O) groups is 1. The monoisotopic (exact) mass is 184 g/mol. The van der Waals surface area contributed by atoms with Crippen molar-refractivity contribution in [2.45, 2.75) is 18.9 Å². The second-order valence-electron chi connectivity index (χ2n) is 3.89. The molecule has 0 aromatic rings. The Morgan fingerprint density at radius 2 is 1.92 bits per heavy atom. The van der Waals surface area contributed by atoms with Crippen LogP contribution < -0.4 is 5.73 Å². The van der Waals surface area contributed by atoms with Crippen molar-refractivity contribution in [3.8, 4) is 0 Å². The maximum Gasteiger partial charge on any atom is 0.225 e. The summed E-state index contributed by atoms with van der Waals surface area (Å²) >= 11 is 0. The first-order valence-corrected chi connectivity index (χ1v) is 4.89. The van der Waals surface area contributed by atoms with Gasteiger partial charge in [0.1, 0.15) is 0 Å². The molecule has 0 aromatic heterocycles. The van der Waals surface area contributed by atoms with Gasteiger partial charge in [0, 0.05) is 38.3 Å². The van der Waals surface area contributed by atoms with Crippen LogP contribution in [-0.4, -0.2) is 43.2 Å². The summed E-state index contributed by atoms with van der Waals surface area (Å²) in [6.45, 7) is 2.96. The van der Waals surface area contributed by atoms with E-state index in [0.717, 1.165) is 39.1 Å². The molecule has 0 spiro atoms. The van der Waals surface area contributed by atoms with Gasteiger partial charge in [-0.15, -0.1) is 0 Å². The third kappa shape index (κ3) is 1.84. The first-order chi connectivity index (χ1) is 6.27. The van der Waals surface area contributed by atoms with Crippen LogP contribution in [-0.2, 0) is 9.53 Å². The van der Waals surface area contributed by atoms with E-state index in [1.54, 1.807) is 0 Å². The van der Waals surface area contributed by atoms with E-state index in [0.29, 0.717) is 0 Å². The minimum atomic E-state index is 0.196. The van der Waals surface area contributed by atoms with Crippen LogP contribution in [0.25, 0.3) is 0 Å². The molecular weight excluding hydrogens is 168 g/mol. The highest BCUT2D eigenvalue weighted by Crippen LogP contribution is 2.20. The zero-order valence-electron chi connectivity index (χ0n) is 7.74. The lowest BCUT2D eigenvalue weighted by atomic mass is 9.96. The zero-order valence-corrected chi connectivity index (χ0v) is 7.74. The van der Waals surface area contributed by atoms with Crippen LogP contribution in [0.1, 0.15) is 12.8 Å². The summed E-state index contributed by atoms with van der Waals surface area (Å²) in [5.41, 5.74) is 5.62. The van der Waals surface area contributed by atoms with Crippen LogP contribution >= 0.6 is 0 Å². The number of rotatable bonds is 1. The van der Waals surface area contributed by atoms with Gasteiger partial charge in [0.15, 0.2) is 0 Å². The van der Waals surface area contributed by atoms with Crippen molar-refractivity contribution in [1.82, 2.24) is 4.90 Å². The normalized spacial score (nSPS) is 25.8. The number of likely N-dealkylation sites (tertiary alicyclic amines) is 1. The van der Waals surface area contributed by atoms with Gasteiger partial charge in [-0.1, -0.05) is 0 Å². The fourth-order valence-corrected chi connectivity index (χ4v) is 1.90. The largest absolute Gasteiger partial charge is 0.381 e. The molecule has 0 atom stereocenters. The molecule has 1 amide bonds. The van der Waals surface area contributed by atoms with Gasteiger partial charge < -0.3 is 15.4 Å². The lowest BCUT2D eigenvalue weighted by molar-refractivity contribution is -0.142. The van der Waals surface area contributed by atoms with Crippen molar-refractivity contribution in [3.05, 3.63) is 0 Å². The second kappa shape index (κ2) is 3.64. The van der Waals surface area contributed by atoms with E-state index in [4.69, 9.17) is 10.5 Å². The Hall–Kier alpha value is -0.610. The summed E-state index contributed by atoms with van der Waals surface area (Å²) in [6.07, 6.45) is 1.76. The van der Waals surface area contributed by atoms with E-state index in [9.17, 15) is 4.79 Å². The lowest BCUT2D eigenvalue weighted by Crippen LogP contribution is -2.59. The quantitative estimate of drug-likeness (QED) is 0.602. The smallest absolute Gasteiger partial charge is 0.225 e. The predicted octanol–water partition coefficient (Wildman–Crippen LogP) is -0.418. The zero-order chi connectivity index (χ0) is 9.26. The standard InChI is InChI=1S/C9H16N2O2/c10-8-5-11(6-8)9(12)7-1-3-13-4-2-7/h7-8H,1-6,10H2. The molecule has 2 N–H and O–H groups in total. The van der Waals surface area contributed by atoms with E-state index >= 15 is 0 Å². The van der Waals surface area contributed by atoms with Gasteiger partial charge in [0.25, 0.3) is 0 Å². The van der Waals surface area contributed by atoms with Crippen LogP contribution in [0.15, 0.2) is 0 Å². The molecule has 4 heteroatoms. The van der Waals surface area contributed by atoms with Crippen LogP contribution in [0.5, 0.6) is 0 Å². The van der Waals surface area contributed by atoms with Crippen molar-refractivity contribution in [2.24, 2.45) is 11.7 Å². The molecule has 74 valence electrons. The molecule has 2 rings (SSSR count). The summed E-state index contributed by atoms with van der Waals surface area (Å²) in [4.78, 5) is 13.6. The SMILES string of the molecule is NC1CN(C(=O)C2CCOCC2)C1. The molecule has 0 bridgehead atoms. The van der Waals surface area contributed by atoms with Gasteiger partial charge in [-0.3, -0.25) is 4.79 Å². The molecule has 0 unspecified atom stereocenters. The second-order valence-corrected chi connectivity index (χ2v) is 3.89. The van der Waals surface area contributed by atoms with Crippen LogP contribution in [0.3, 0.4) is 0 Å². The molecule has 0 radical (unpaired) electrons. The average molecular weight is 184 g/mol. The van der Waals surface area contributed by atoms with E-state index in [2.05, 4.69) is 0 Å². The number of ether oxygens (including phenoxy) is 1. The van der Waals surface area contributed by atoms with Gasteiger partial charge >= 0.3 is 0 Å². The predicted molar refractivity (Wildman–Crippen MR) is 48.1 cm³/mol. The summed E-state index contributed by atoms with van der Waals surface area (Å²) in [7, 11) is 0. The maximum absolute atomic E-state index is 11.7. The molecule has 0 aliphatic carbocycles. The number of hydrogen-bond acceptors (Lipinski definition) is 3. The molecule has 4 nitrogen and oxygen atoms in total. The van der Waals surface area contributed by atoms with Crippen molar-refractivity contribution < 1.29 is 9.53 Å². The Morgan fingerprint density at radius 1 is 1.31 bits per heavy atom. The maximum atomic E-state index is 11.7. The fourth-order valence-electron chi connectivity index (χ4n) is 1.90. The van der Waals surface area contributed by atoms with E-state index in [1.165, 1.54) is 0 Å². The van der Waals surface area contributed by atoms with Crippen molar-refractivity contribution in [3.63, 3.8) is 0 Å². The van der Waals surface area contributed by atoms with Crippen molar-refractivity contribution in [2.75, 3.05) is 26.3 Å². The first kappa shape index (κ1) is 8.97. The van der Waals surface area contributed by atoms with Crippen LogP contribution in [0.4, 0.5) is 0 Å². The van der Waals surface area contributed by atoms with E-state index in [-0.39, 0.29) is 17.9 Å². The van der Waals surface area contributed by atoms with Crippen LogP contribution in [0.2, 0.25) is 0 Å². The van der Waals surface area contributed by atoms with Crippen LogP contribution in [0, 0.1) is 5.92 Å². The number of hydrogen-bond donors (Lipinski definition) is 1. The van der Waals surface area contributed by atoms with Crippen molar-refractivity contribution >= 4 is 5.91 Å². The highest BCUT2D eigenvalue weighted by Gasteiger charge is 2.32. The summed E-state index contributed by atoms with van der Waals surface area (Å²) in [5.74, 6) is 0.478. The van der Waals surface area contributed by atoms with E-state index < -0.39 is 0 Å². The van der Waals surface area contributed by atoms with Crippen molar-refractivity contribution in [1.29, 1.82) is 0 Å². The summed E-state index contributed by atoms with van der Waals surface area (Å²) in [6, 6.07) is 0.212. The molecule has 13 heavy (non-hydrogen) atoms. The number of nitrogens with zero attached hydrogens (tertiary/aromatic N) is 1. The minimum absolute atomic E-state index is 0.196. The molecule has 2 heterocycles. The first-order valence-electron chi connectivity index (χ1n) is 4.89. The Labute approximate surface area is 78.0 Å². The number of amides is 1. The fraction of sp³-hybridized carbons (Fsp3) is 0.889. The van der Waals surface area contributed by atoms with Gasteiger partial charge in [-0.2, -0.15) is 0 Å². The summed E-state index contributed by atoms with van der Waals surface area (Å²) in [5, 5.41) is 0. The van der Waals surface area contributed by atoms with Gasteiger partial charge in [-0.25, -0.2) is 0 Å². The average Bonchev–Trinajstić information content (AvgIpc) is 2.13. The molecule has 2 aliphatic heterocycles. The molecular formula is C9H16N2O2. The molecule has 2 fully saturated rings. The Bertz CT molecular complexity index is 196. The van der Waals surface area contributed by atoms with Gasteiger partial charge in [0.05, 0.1) is 0 Å². The molecule has 2 saturated heterocycles. The minimum Gasteiger partial charge on any atom is -0.381 e. The van der Waals surface area contributed by atoms with Gasteiger partial charge in [0.2, 0.25) is 5.91 Å². The Balaban J connectivity index is 1.82. The molecule has 2 aliphatic rings. The Morgan fingerprint density at radius 3 is 2.46 bits per heavy atom. The van der Waals surface area contributed by atoms with E-state index in [1.807, 2.05) is 4.90 Å². The lowest BCUT2D eigenvalue weighted by Gasteiger charge is -2.39. The molecule has 0 aromatic carbocycles. The highest BCUT2D eigenvalue weighted by atomic mass is 16.5. The van der Waals surface area contributed by atoms with Gasteiger partial charge in [-0.05, 0) is 12.8 Å². The topological polar surface area (TPSA) is 55.6 Å². The third-order valence-corrected chi connectivity index (χ3v) is 2.79. The number of nitrogens with two attached hydrogens (primary N) is 1. The molecule has 0 saturated carbocycles. The highest BCUT2D eigenvalue weighted by molar-refractivity contribution is 5.79. The summed E-state index contributed by atoms with van der Waals surface area (Å²) < 4.78 is 5.21. The Kier molecular flexibility index (Phi) is 2.51. The number of carbonyl (C=O) groups excluding carboxylic acids is 1. The third-order valence-electron chi connectivity index (χ3n) is 2.79.